The van der Waals surface area contributed by atoms with Crippen LogP contribution in [0.2, 0.25) is 0 Å². The van der Waals surface area contributed by atoms with Crippen LogP contribution in [0.15, 0.2) is 54.1 Å². The van der Waals surface area contributed by atoms with Gasteiger partial charge in [-0.2, -0.15) is 14.0 Å². The summed E-state index contributed by atoms with van der Waals surface area (Å²) in [5.41, 5.74) is 1.56. The predicted molar refractivity (Wildman–Crippen MR) is 86.5 cm³/mol. The van der Waals surface area contributed by atoms with Gasteiger partial charge in [0.2, 0.25) is 0 Å². The standard InChI is InChI=1S/C18H14F2N2O2/c1-12-6-8-15(9-7-12)22-17(23)14(11-21)10-13-4-2-3-5-16(13)24-18(19)20/h2-10,18H,1H3,(H,22,23)/b14-10-. The topological polar surface area (TPSA) is 62.1 Å². The Kier molecular flexibility index (Phi) is 5.63. The Bertz CT molecular complexity index is 793. The van der Waals surface area contributed by atoms with Gasteiger partial charge in [0.25, 0.3) is 5.91 Å². The number of aryl methyl sites for hydroxylation is 1. The molecule has 0 aliphatic carbocycles. The molecule has 1 amide bonds. The number of benzene rings is 2. The highest BCUT2D eigenvalue weighted by atomic mass is 19.3. The van der Waals surface area contributed by atoms with Gasteiger partial charge in [-0.1, -0.05) is 35.9 Å². The molecule has 0 heterocycles. The van der Waals surface area contributed by atoms with Crippen molar-refractivity contribution in [2.45, 2.75) is 13.5 Å². The monoisotopic (exact) mass is 328 g/mol. The Morgan fingerprint density at radius 1 is 1.21 bits per heavy atom. The fourth-order valence-corrected chi connectivity index (χ4v) is 1.94. The zero-order valence-corrected chi connectivity index (χ0v) is 12.8. The molecule has 24 heavy (non-hydrogen) atoms. The van der Waals surface area contributed by atoms with E-state index in [-0.39, 0.29) is 16.9 Å². The van der Waals surface area contributed by atoms with E-state index in [0.717, 1.165) is 5.56 Å². The first-order valence-electron chi connectivity index (χ1n) is 7.03. The van der Waals surface area contributed by atoms with E-state index >= 15 is 0 Å². The Morgan fingerprint density at radius 2 is 1.88 bits per heavy atom. The summed E-state index contributed by atoms with van der Waals surface area (Å²) in [7, 11) is 0. The summed E-state index contributed by atoms with van der Waals surface area (Å²) in [6, 6.07) is 14.7. The molecule has 122 valence electrons. The van der Waals surface area contributed by atoms with Crippen LogP contribution in [0.1, 0.15) is 11.1 Å². The van der Waals surface area contributed by atoms with Gasteiger partial charge in [0.05, 0.1) is 0 Å². The highest BCUT2D eigenvalue weighted by molar-refractivity contribution is 6.09. The van der Waals surface area contributed by atoms with E-state index in [9.17, 15) is 18.8 Å². The fraction of sp³-hybridized carbons (Fsp3) is 0.111. The molecule has 0 radical (unpaired) electrons. The lowest BCUT2D eigenvalue weighted by Gasteiger charge is -2.08. The minimum absolute atomic E-state index is 0.108. The molecule has 0 saturated heterocycles. The maximum absolute atomic E-state index is 12.4. The molecule has 0 aliphatic heterocycles. The highest BCUT2D eigenvalue weighted by Gasteiger charge is 2.13. The molecule has 0 atom stereocenters. The number of carbonyl (C=O) groups is 1. The summed E-state index contributed by atoms with van der Waals surface area (Å²) in [6.45, 7) is -1.09. The molecule has 0 unspecified atom stereocenters. The van der Waals surface area contributed by atoms with Crippen LogP contribution in [-0.2, 0) is 4.79 Å². The van der Waals surface area contributed by atoms with E-state index in [1.54, 1.807) is 24.3 Å². The first-order chi connectivity index (χ1) is 11.5. The summed E-state index contributed by atoms with van der Waals surface area (Å²) in [6.07, 6.45) is 1.21. The van der Waals surface area contributed by atoms with Crippen molar-refractivity contribution in [2.24, 2.45) is 0 Å². The van der Waals surface area contributed by atoms with E-state index < -0.39 is 12.5 Å². The largest absolute Gasteiger partial charge is 0.434 e. The number of hydrogen-bond acceptors (Lipinski definition) is 3. The lowest BCUT2D eigenvalue weighted by Crippen LogP contribution is -2.13. The number of halogens is 2. The number of carbonyl (C=O) groups excluding carboxylic acids is 1. The lowest BCUT2D eigenvalue weighted by molar-refractivity contribution is -0.112. The van der Waals surface area contributed by atoms with Crippen molar-refractivity contribution >= 4 is 17.7 Å². The zero-order valence-electron chi connectivity index (χ0n) is 12.8. The number of hydrogen-bond donors (Lipinski definition) is 1. The molecule has 2 aromatic carbocycles. The normalized spacial score (nSPS) is 11.0. The second-order valence-corrected chi connectivity index (χ2v) is 4.91. The van der Waals surface area contributed by atoms with Gasteiger partial charge < -0.3 is 10.1 Å². The van der Waals surface area contributed by atoms with Crippen molar-refractivity contribution in [1.29, 1.82) is 5.26 Å². The third-order valence-corrected chi connectivity index (χ3v) is 3.11. The molecule has 2 rings (SSSR count). The van der Waals surface area contributed by atoms with Crippen LogP contribution in [0.5, 0.6) is 5.75 Å². The SMILES string of the molecule is Cc1ccc(NC(=O)/C(C#N)=C\c2ccccc2OC(F)F)cc1. The second kappa shape index (κ2) is 7.88. The van der Waals surface area contributed by atoms with Gasteiger partial charge in [0.15, 0.2) is 0 Å². The summed E-state index contributed by atoms with van der Waals surface area (Å²) < 4.78 is 29.2. The number of para-hydroxylation sites is 1. The molecule has 0 bridgehead atoms. The number of nitrogens with zero attached hydrogens (tertiary/aromatic N) is 1. The van der Waals surface area contributed by atoms with Gasteiger partial charge in [-0.15, -0.1) is 0 Å². The summed E-state index contributed by atoms with van der Waals surface area (Å²) in [5.74, 6) is -0.739. The van der Waals surface area contributed by atoms with Gasteiger partial charge in [0, 0.05) is 11.3 Å². The predicted octanol–water partition coefficient (Wildman–Crippen LogP) is 4.14. The smallest absolute Gasteiger partial charge is 0.387 e. The van der Waals surface area contributed by atoms with Crippen molar-refractivity contribution in [2.75, 3.05) is 5.32 Å². The maximum atomic E-state index is 12.4. The molecule has 0 saturated carbocycles. The molecule has 4 nitrogen and oxygen atoms in total. The van der Waals surface area contributed by atoms with Crippen LogP contribution in [0.25, 0.3) is 6.08 Å². The maximum Gasteiger partial charge on any atom is 0.387 e. The van der Waals surface area contributed by atoms with Gasteiger partial charge in [-0.05, 0) is 31.2 Å². The van der Waals surface area contributed by atoms with Gasteiger partial charge in [-0.25, -0.2) is 0 Å². The number of nitriles is 1. The fourth-order valence-electron chi connectivity index (χ4n) is 1.94. The number of alkyl halides is 2. The quantitative estimate of drug-likeness (QED) is 0.663. The molecule has 0 fully saturated rings. The summed E-state index contributed by atoms with van der Waals surface area (Å²) in [4.78, 5) is 12.2. The second-order valence-electron chi connectivity index (χ2n) is 4.91. The zero-order chi connectivity index (χ0) is 17.5. The average Bonchev–Trinajstić information content (AvgIpc) is 2.55. The molecule has 0 aliphatic rings. The molecule has 6 heteroatoms. The Balaban J connectivity index is 2.24. The highest BCUT2D eigenvalue weighted by Crippen LogP contribution is 2.23. The van der Waals surface area contributed by atoms with Crippen LogP contribution in [0.3, 0.4) is 0 Å². The first-order valence-corrected chi connectivity index (χ1v) is 7.03. The number of anilines is 1. The van der Waals surface area contributed by atoms with Crippen LogP contribution >= 0.6 is 0 Å². The molecular formula is C18H14F2N2O2. The molecule has 2 aromatic rings. The van der Waals surface area contributed by atoms with Gasteiger partial charge in [0.1, 0.15) is 17.4 Å². The number of ether oxygens (including phenoxy) is 1. The van der Waals surface area contributed by atoms with Gasteiger partial charge >= 0.3 is 6.61 Å². The first kappa shape index (κ1) is 17.2. The summed E-state index contributed by atoms with van der Waals surface area (Å²) >= 11 is 0. The van der Waals surface area contributed by atoms with E-state index in [4.69, 9.17) is 0 Å². The molecule has 0 aromatic heterocycles. The van der Waals surface area contributed by atoms with Crippen LogP contribution < -0.4 is 10.1 Å². The van der Waals surface area contributed by atoms with Crippen molar-refractivity contribution in [1.82, 2.24) is 0 Å². The molecular weight excluding hydrogens is 314 g/mol. The van der Waals surface area contributed by atoms with Crippen molar-refractivity contribution in [3.05, 3.63) is 65.2 Å². The Hall–Kier alpha value is -3.20. The number of amides is 1. The lowest BCUT2D eigenvalue weighted by atomic mass is 10.1. The number of nitrogens with one attached hydrogen (secondary N) is 1. The minimum atomic E-state index is -2.99. The van der Waals surface area contributed by atoms with Crippen LogP contribution in [0.4, 0.5) is 14.5 Å². The Labute approximate surface area is 138 Å². The van der Waals surface area contributed by atoms with Crippen LogP contribution in [0, 0.1) is 18.3 Å². The van der Waals surface area contributed by atoms with Gasteiger partial charge in [-0.3, -0.25) is 4.79 Å². The van der Waals surface area contributed by atoms with Crippen molar-refractivity contribution < 1.29 is 18.3 Å². The van der Waals surface area contributed by atoms with Crippen molar-refractivity contribution in [3.63, 3.8) is 0 Å². The Morgan fingerprint density at radius 3 is 2.50 bits per heavy atom. The van der Waals surface area contributed by atoms with Crippen molar-refractivity contribution in [3.8, 4) is 11.8 Å². The van der Waals surface area contributed by atoms with Crippen LogP contribution in [-0.4, -0.2) is 12.5 Å². The van der Waals surface area contributed by atoms with E-state index in [1.165, 1.54) is 24.3 Å². The summed E-state index contributed by atoms with van der Waals surface area (Å²) in [5, 5.41) is 11.8. The number of rotatable bonds is 5. The van der Waals surface area contributed by atoms with E-state index in [0.29, 0.717) is 5.69 Å². The third kappa shape index (κ3) is 4.65. The van der Waals surface area contributed by atoms with E-state index in [2.05, 4.69) is 10.1 Å². The molecule has 0 spiro atoms. The molecule has 1 N–H and O–H groups in total. The minimum Gasteiger partial charge on any atom is -0.434 e. The third-order valence-electron chi connectivity index (χ3n) is 3.11. The average molecular weight is 328 g/mol. The van der Waals surface area contributed by atoms with E-state index in [1.807, 2.05) is 19.1 Å².